The van der Waals surface area contributed by atoms with E-state index in [0.29, 0.717) is 6.08 Å². The maximum Gasteiger partial charge on any atom is 0.274 e. The summed E-state index contributed by atoms with van der Waals surface area (Å²) in [4.78, 5) is 0. The second-order valence-corrected chi connectivity index (χ2v) is 1.44. The van der Waals surface area contributed by atoms with Crippen molar-refractivity contribution in [3.63, 3.8) is 0 Å². The molecule has 0 bridgehead atoms. The van der Waals surface area contributed by atoms with Gasteiger partial charge in [0, 0.05) is 0 Å². The molecule has 0 fully saturated rings. The monoisotopic (exact) mass is 124 g/mol. The first-order valence-electron chi connectivity index (χ1n) is 1.74. The van der Waals surface area contributed by atoms with Gasteiger partial charge in [0.1, 0.15) is 0 Å². The van der Waals surface area contributed by atoms with Crippen molar-refractivity contribution in [2.45, 2.75) is 5.92 Å². The number of thiol groups is 1. The molecule has 0 aliphatic carbocycles. The molecule has 0 amide bonds. The van der Waals surface area contributed by atoms with Crippen LogP contribution in [0.15, 0.2) is 12.7 Å². The molecule has 0 rings (SSSR count). The van der Waals surface area contributed by atoms with Crippen LogP contribution in [-0.4, -0.2) is 11.7 Å². The van der Waals surface area contributed by atoms with Crippen molar-refractivity contribution >= 4 is 12.6 Å². The molecule has 0 spiro atoms. The summed E-state index contributed by atoms with van der Waals surface area (Å²) in [5, 5.41) is 0. The van der Waals surface area contributed by atoms with Gasteiger partial charge in [0.05, 0.1) is 5.75 Å². The maximum absolute atomic E-state index is 11.7. The van der Waals surface area contributed by atoms with Crippen LogP contribution in [0.3, 0.4) is 0 Å². The molecule has 0 saturated heterocycles. The average molecular weight is 124 g/mol. The Kier molecular flexibility index (Phi) is 2.29. The molecular weight excluding hydrogens is 118 g/mol. The van der Waals surface area contributed by atoms with Crippen LogP contribution in [0.4, 0.5) is 8.78 Å². The van der Waals surface area contributed by atoms with E-state index in [4.69, 9.17) is 0 Å². The summed E-state index contributed by atoms with van der Waals surface area (Å²) in [5.41, 5.74) is 0. The summed E-state index contributed by atoms with van der Waals surface area (Å²) < 4.78 is 23.4. The number of hydrogen-bond acceptors (Lipinski definition) is 1. The van der Waals surface area contributed by atoms with Gasteiger partial charge in [-0.25, -0.2) is 8.78 Å². The lowest BCUT2D eigenvalue weighted by Crippen LogP contribution is -2.12. The Morgan fingerprint density at radius 2 is 2.14 bits per heavy atom. The Balaban J connectivity index is 3.58. The van der Waals surface area contributed by atoms with Crippen molar-refractivity contribution in [1.29, 1.82) is 0 Å². The second-order valence-electron chi connectivity index (χ2n) is 1.12. The lowest BCUT2D eigenvalue weighted by molar-refractivity contribution is 0.0838. The van der Waals surface area contributed by atoms with Crippen molar-refractivity contribution in [2.24, 2.45) is 0 Å². The van der Waals surface area contributed by atoms with Gasteiger partial charge < -0.3 is 0 Å². The molecule has 0 aliphatic heterocycles. The fourth-order valence-electron chi connectivity index (χ4n) is 0.0645. The highest BCUT2D eigenvalue weighted by Crippen LogP contribution is 2.14. The predicted molar refractivity (Wildman–Crippen MR) is 29.0 cm³/mol. The third kappa shape index (κ3) is 2.62. The number of halogens is 2. The van der Waals surface area contributed by atoms with Gasteiger partial charge in [-0.3, -0.25) is 0 Å². The van der Waals surface area contributed by atoms with E-state index in [1.165, 1.54) is 0 Å². The summed E-state index contributed by atoms with van der Waals surface area (Å²) in [5.74, 6) is -3.25. The van der Waals surface area contributed by atoms with Gasteiger partial charge in [-0.15, -0.1) is 0 Å². The standard InChI is InChI=1S/C4H6F2S/c1-2-4(5,6)3-7/h2,7H,1,3H2. The smallest absolute Gasteiger partial charge is 0.201 e. The summed E-state index contributed by atoms with van der Waals surface area (Å²) in [7, 11) is 0. The van der Waals surface area contributed by atoms with Gasteiger partial charge in [-0.2, -0.15) is 12.6 Å². The zero-order chi connectivity index (χ0) is 5.91. The molecule has 0 saturated carbocycles. The van der Waals surface area contributed by atoms with Crippen molar-refractivity contribution in [3.05, 3.63) is 12.7 Å². The highest BCUT2D eigenvalue weighted by molar-refractivity contribution is 7.80. The fraction of sp³-hybridized carbons (Fsp3) is 0.500. The molecule has 0 nitrogen and oxygen atoms in total. The summed E-state index contributed by atoms with van der Waals surface area (Å²) in [6.07, 6.45) is 0.583. The van der Waals surface area contributed by atoms with Gasteiger partial charge in [0.25, 0.3) is 5.92 Å². The quantitative estimate of drug-likeness (QED) is 0.420. The third-order valence-electron chi connectivity index (χ3n) is 0.509. The summed E-state index contributed by atoms with van der Waals surface area (Å²) >= 11 is 3.36. The minimum Gasteiger partial charge on any atom is -0.201 e. The predicted octanol–water partition coefficient (Wildman–Crippen LogP) is 1.74. The van der Waals surface area contributed by atoms with Gasteiger partial charge >= 0.3 is 0 Å². The lowest BCUT2D eigenvalue weighted by atomic mass is 10.4. The van der Waals surface area contributed by atoms with Crippen LogP contribution in [-0.2, 0) is 0 Å². The second kappa shape index (κ2) is 2.31. The maximum atomic E-state index is 11.7. The Morgan fingerprint density at radius 1 is 1.71 bits per heavy atom. The van der Waals surface area contributed by atoms with Gasteiger partial charge in [0.2, 0.25) is 0 Å². The molecule has 0 aliphatic rings. The first-order valence-corrected chi connectivity index (χ1v) is 2.38. The van der Waals surface area contributed by atoms with Crippen LogP contribution in [0.25, 0.3) is 0 Å². The van der Waals surface area contributed by atoms with E-state index >= 15 is 0 Å². The molecule has 3 heteroatoms. The molecule has 42 valence electrons. The Hall–Kier alpha value is -0.0500. The molecule has 0 aromatic rings. The summed E-state index contributed by atoms with van der Waals surface area (Å²) in [6, 6.07) is 0. The van der Waals surface area contributed by atoms with Crippen LogP contribution < -0.4 is 0 Å². The third-order valence-corrected chi connectivity index (χ3v) is 0.931. The fourth-order valence-corrected chi connectivity index (χ4v) is 0.194. The largest absolute Gasteiger partial charge is 0.274 e. The van der Waals surface area contributed by atoms with Gasteiger partial charge in [0.15, 0.2) is 0 Å². The topological polar surface area (TPSA) is 0 Å². The number of rotatable bonds is 2. The zero-order valence-electron chi connectivity index (χ0n) is 3.69. The molecule has 0 aromatic carbocycles. The zero-order valence-corrected chi connectivity index (χ0v) is 4.59. The highest BCUT2D eigenvalue weighted by Gasteiger charge is 2.20. The lowest BCUT2D eigenvalue weighted by Gasteiger charge is -2.03. The molecule has 0 N–H and O–H groups in total. The molecule has 0 radical (unpaired) electrons. The first-order chi connectivity index (χ1) is 3.12. The van der Waals surface area contributed by atoms with Gasteiger partial charge in [-0.1, -0.05) is 6.58 Å². The van der Waals surface area contributed by atoms with Crippen molar-refractivity contribution in [1.82, 2.24) is 0 Å². The molecule has 0 aromatic heterocycles. The Bertz CT molecular complexity index is 70.1. The van der Waals surface area contributed by atoms with E-state index < -0.39 is 11.7 Å². The van der Waals surface area contributed by atoms with Crippen LogP contribution in [0.1, 0.15) is 0 Å². The first kappa shape index (κ1) is 6.95. The van der Waals surface area contributed by atoms with E-state index in [1.54, 1.807) is 0 Å². The van der Waals surface area contributed by atoms with Gasteiger partial charge in [-0.05, 0) is 6.08 Å². The van der Waals surface area contributed by atoms with Crippen LogP contribution in [0.5, 0.6) is 0 Å². The minimum absolute atomic E-state index is 0.462. The SMILES string of the molecule is C=CC(F)(F)CS. The highest BCUT2D eigenvalue weighted by atomic mass is 32.1. The normalized spacial score (nSPS) is 11.3. The van der Waals surface area contributed by atoms with E-state index in [-0.39, 0.29) is 0 Å². The molecular formula is C4H6F2S. The van der Waals surface area contributed by atoms with Crippen molar-refractivity contribution in [3.8, 4) is 0 Å². The average Bonchev–Trinajstić information content (AvgIpc) is 1.68. The number of allylic oxidation sites excluding steroid dienone is 1. The molecule has 0 atom stereocenters. The molecule has 7 heavy (non-hydrogen) atoms. The number of alkyl halides is 2. The van der Waals surface area contributed by atoms with Crippen molar-refractivity contribution < 1.29 is 8.78 Å². The van der Waals surface area contributed by atoms with Crippen LogP contribution in [0.2, 0.25) is 0 Å². The molecule has 0 heterocycles. The Morgan fingerprint density at radius 3 is 2.14 bits per heavy atom. The minimum atomic E-state index is -2.79. The van der Waals surface area contributed by atoms with E-state index in [0.717, 1.165) is 0 Å². The van der Waals surface area contributed by atoms with E-state index in [1.807, 2.05) is 0 Å². The van der Waals surface area contributed by atoms with Crippen molar-refractivity contribution in [2.75, 3.05) is 5.75 Å². The van der Waals surface area contributed by atoms with E-state index in [2.05, 4.69) is 19.2 Å². The van der Waals surface area contributed by atoms with E-state index in [9.17, 15) is 8.78 Å². The Labute approximate surface area is 46.6 Å². The number of hydrogen-bond donors (Lipinski definition) is 1. The summed E-state index contributed by atoms with van der Waals surface area (Å²) in [6.45, 7) is 2.90. The van der Waals surface area contributed by atoms with Crippen LogP contribution in [0, 0.1) is 0 Å². The molecule has 0 unspecified atom stereocenters. The van der Waals surface area contributed by atoms with Crippen LogP contribution >= 0.6 is 12.6 Å².